The van der Waals surface area contributed by atoms with Crippen LogP contribution < -0.4 is 9.47 Å². The molecule has 1 aromatic heterocycles. The van der Waals surface area contributed by atoms with Crippen LogP contribution in [0.4, 0.5) is 0 Å². The molecule has 0 saturated carbocycles. The fourth-order valence-electron chi connectivity index (χ4n) is 4.15. The fraction of sp³-hybridized carbons (Fsp3) is 0.458. The van der Waals surface area contributed by atoms with Crippen LogP contribution in [0.2, 0.25) is 0 Å². The summed E-state index contributed by atoms with van der Waals surface area (Å²) in [7, 11) is 1.62. The van der Waals surface area contributed by atoms with Crippen molar-refractivity contribution in [2.24, 2.45) is 0 Å². The Bertz CT molecular complexity index is 909. The van der Waals surface area contributed by atoms with Crippen molar-refractivity contribution in [1.29, 1.82) is 0 Å². The van der Waals surface area contributed by atoms with Crippen LogP contribution in [0.25, 0.3) is 0 Å². The molecule has 0 aliphatic carbocycles. The van der Waals surface area contributed by atoms with Gasteiger partial charge in [0.2, 0.25) is 11.8 Å². The van der Waals surface area contributed by atoms with E-state index in [0.29, 0.717) is 31.0 Å². The minimum absolute atomic E-state index is 0.0202. The van der Waals surface area contributed by atoms with Crippen molar-refractivity contribution in [1.82, 2.24) is 14.8 Å². The Balaban J connectivity index is 1.35. The Morgan fingerprint density at radius 2 is 1.81 bits per heavy atom. The molecule has 2 aromatic rings. The summed E-state index contributed by atoms with van der Waals surface area (Å²) in [6, 6.07) is 11.1. The molecule has 2 amide bonds. The van der Waals surface area contributed by atoms with Crippen LogP contribution in [0.5, 0.6) is 11.6 Å². The van der Waals surface area contributed by atoms with Gasteiger partial charge in [-0.15, -0.1) is 0 Å². The maximum atomic E-state index is 12.9. The minimum atomic E-state index is -0.164. The van der Waals surface area contributed by atoms with Gasteiger partial charge in [0.05, 0.1) is 20.1 Å². The number of carbonyl (C=O) groups is 2. The molecule has 31 heavy (non-hydrogen) atoms. The van der Waals surface area contributed by atoms with E-state index >= 15 is 0 Å². The summed E-state index contributed by atoms with van der Waals surface area (Å²) >= 11 is 0. The largest absolute Gasteiger partial charge is 0.497 e. The summed E-state index contributed by atoms with van der Waals surface area (Å²) in [6.07, 6.45) is 5.79. The van der Waals surface area contributed by atoms with Crippen LogP contribution in [0, 0.1) is 0 Å². The maximum absolute atomic E-state index is 12.9. The Labute approximate surface area is 183 Å². The molecule has 1 unspecified atom stereocenters. The monoisotopic (exact) mass is 423 g/mol. The Kier molecular flexibility index (Phi) is 6.70. The normalized spacial score (nSPS) is 18.7. The summed E-state index contributed by atoms with van der Waals surface area (Å²) in [5.41, 5.74) is 1.46. The van der Waals surface area contributed by atoms with Gasteiger partial charge >= 0.3 is 0 Å². The van der Waals surface area contributed by atoms with E-state index in [1.54, 1.807) is 25.4 Å². The number of benzene rings is 1. The molecule has 7 nitrogen and oxygen atoms in total. The van der Waals surface area contributed by atoms with E-state index in [-0.39, 0.29) is 17.9 Å². The molecular formula is C24H29N3O4. The van der Waals surface area contributed by atoms with Crippen LogP contribution in [0.15, 0.2) is 42.6 Å². The highest BCUT2D eigenvalue weighted by Gasteiger charge is 2.30. The molecule has 0 N–H and O–H groups in total. The third-order valence-electron chi connectivity index (χ3n) is 5.94. The molecular weight excluding hydrogens is 394 g/mol. The quantitative estimate of drug-likeness (QED) is 0.714. The average Bonchev–Trinajstić information content (AvgIpc) is 3.29. The number of piperidine rings is 1. The van der Waals surface area contributed by atoms with Crippen LogP contribution >= 0.6 is 0 Å². The molecule has 4 rings (SSSR count). The minimum Gasteiger partial charge on any atom is -0.497 e. The lowest BCUT2D eigenvalue weighted by molar-refractivity contribution is -0.129. The zero-order chi connectivity index (χ0) is 21.6. The number of carbonyl (C=O) groups excluding carboxylic acids is 2. The standard InChI is InChI=1S/C24H29N3O4/c1-30-19-9-7-18(8-10-19)16-22(28)27-15-11-20(17-27)31-23-21(6-5-12-25-23)24(29)26-13-3-2-4-14-26/h5-10,12,20H,2-4,11,13-17H2,1H3. The molecule has 2 aliphatic rings. The Morgan fingerprint density at radius 1 is 1.03 bits per heavy atom. The van der Waals surface area contributed by atoms with E-state index < -0.39 is 0 Å². The van der Waals surface area contributed by atoms with Crippen molar-refractivity contribution in [3.63, 3.8) is 0 Å². The molecule has 0 radical (unpaired) electrons. The number of likely N-dealkylation sites (tertiary alicyclic amines) is 2. The number of rotatable bonds is 6. The van der Waals surface area contributed by atoms with Crippen LogP contribution in [-0.4, -0.2) is 66.0 Å². The number of ether oxygens (including phenoxy) is 2. The van der Waals surface area contributed by atoms with Crippen molar-refractivity contribution in [3.05, 3.63) is 53.7 Å². The van der Waals surface area contributed by atoms with Crippen LogP contribution in [0.3, 0.4) is 0 Å². The van der Waals surface area contributed by atoms with Gasteiger partial charge in [0.1, 0.15) is 17.4 Å². The lowest BCUT2D eigenvalue weighted by atomic mass is 10.1. The first kappa shape index (κ1) is 21.2. The van der Waals surface area contributed by atoms with Gasteiger partial charge in [0.15, 0.2) is 0 Å². The lowest BCUT2D eigenvalue weighted by Crippen LogP contribution is -2.36. The number of methoxy groups -OCH3 is 1. The second-order valence-electron chi connectivity index (χ2n) is 8.10. The van der Waals surface area contributed by atoms with Crippen molar-refractivity contribution in [2.75, 3.05) is 33.3 Å². The fourth-order valence-corrected chi connectivity index (χ4v) is 4.15. The predicted octanol–water partition coefficient (Wildman–Crippen LogP) is 2.94. The lowest BCUT2D eigenvalue weighted by Gasteiger charge is -2.27. The van der Waals surface area contributed by atoms with Crippen molar-refractivity contribution < 1.29 is 19.1 Å². The van der Waals surface area contributed by atoms with Gasteiger partial charge < -0.3 is 19.3 Å². The molecule has 1 aromatic carbocycles. The summed E-state index contributed by atoms with van der Waals surface area (Å²) in [5, 5.41) is 0. The summed E-state index contributed by atoms with van der Waals surface area (Å²) < 4.78 is 11.3. The van der Waals surface area contributed by atoms with Crippen LogP contribution in [0.1, 0.15) is 41.6 Å². The van der Waals surface area contributed by atoms with Gasteiger partial charge in [-0.05, 0) is 49.1 Å². The van der Waals surface area contributed by atoms with E-state index in [1.165, 1.54) is 6.42 Å². The number of hydrogen-bond acceptors (Lipinski definition) is 5. The number of hydrogen-bond donors (Lipinski definition) is 0. The van der Waals surface area contributed by atoms with Crippen LogP contribution in [-0.2, 0) is 11.2 Å². The zero-order valence-electron chi connectivity index (χ0n) is 18.0. The van der Waals surface area contributed by atoms with Gasteiger partial charge in [0, 0.05) is 32.3 Å². The second kappa shape index (κ2) is 9.81. The Hall–Kier alpha value is -3.09. The molecule has 1 atom stereocenters. The average molecular weight is 424 g/mol. The number of nitrogens with zero attached hydrogens (tertiary/aromatic N) is 3. The smallest absolute Gasteiger partial charge is 0.259 e. The highest BCUT2D eigenvalue weighted by atomic mass is 16.5. The van der Waals surface area contributed by atoms with E-state index in [2.05, 4.69) is 4.98 Å². The molecule has 2 fully saturated rings. The maximum Gasteiger partial charge on any atom is 0.259 e. The first-order valence-electron chi connectivity index (χ1n) is 11.0. The SMILES string of the molecule is COc1ccc(CC(=O)N2CCC(Oc3ncccc3C(=O)N3CCCCC3)C2)cc1. The van der Waals surface area contributed by atoms with Gasteiger partial charge in [-0.25, -0.2) is 4.98 Å². The molecule has 164 valence electrons. The predicted molar refractivity (Wildman–Crippen MR) is 116 cm³/mol. The molecule has 0 bridgehead atoms. The summed E-state index contributed by atoms with van der Waals surface area (Å²) in [4.78, 5) is 33.7. The summed E-state index contributed by atoms with van der Waals surface area (Å²) in [5.74, 6) is 1.19. The van der Waals surface area contributed by atoms with E-state index in [0.717, 1.165) is 43.7 Å². The third kappa shape index (κ3) is 5.16. The molecule has 2 saturated heterocycles. The third-order valence-corrected chi connectivity index (χ3v) is 5.94. The van der Waals surface area contributed by atoms with Crippen molar-refractivity contribution in [2.45, 2.75) is 38.2 Å². The highest BCUT2D eigenvalue weighted by molar-refractivity contribution is 5.96. The van der Waals surface area contributed by atoms with Gasteiger partial charge in [-0.3, -0.25) is 9.59 Å². The Morgan fingerprint density at radius 3 is 2.55 bits per heavy atom. The zero-order valence-corrected chi connectivity index (χ0v) is 18.0. The van der Waals surface area contributed by atoms with Crippen molar-refractivity contribution in [3.8, 4) is 11.6 Å². The molecule has 7 heteroatoms. The van der Waals surface area contributed by atoms with Gasteiger partial charge in [0.25, 0.3) is 5.91 Å². The number of pyridine rings is 1. The van der Waals surface area contributed by atoms with Gasteiger partial charge in [-0.2, -0.15) is 0 Å². The summed E-state index contributed by atoms with van der Waals surface area (Å²) in [6.45, 7) is 2.71. The molecule has 0 spiro atoms. The van der Waals surface area contributed by atoms with E-state index in [4.69, 9.17) is 9.47 Å². The topological polar surface area (TPSA) is 72.0 Å². The number of aromatic nitrogens is 1. The second-order valence-corrected chi connectivity index (χ2v) is 8.10. The highest BCUT2D eigenvalue weighted by Crippen LogP contribution is 2.23. The number of amides is 2. The van der Waals surface area contributed by atoms with Gasteiger partial charge in [-0.1, -0.05) is 12.1 Å². The van der Waals surface area contributed by atoms with E-state index in [9.17, 15) is 9.59 Å². The van der Waals surface area contributed by atoms with E-state index in [1.807, 2.05) is 34.1 Å². The molecule has 2 aliphatic heterocycles. The first-order chi connectivity index (χ1) is 15.1. The van der Waals surface area contributed by atoms with Crippen molar-refractivity contribution >= 4 is 11.8 Å². The molecule has 3 heterocycles. The first-order valence-corrected chi connectivity index (χ1v) is 11.0.